The maximum Gasteiger partial charge on any atom is 0.296 e. The van der Waals surface area contributed by atoms with Crippen LogP contribution in [0.3, 0.4) is 0 Å². The second-order valence-corrected chi connectivity index (χ2v) is 10.4. The summed E-state index contributed by atoms with van der Waals surface area (Å²) in [6.45, 7) is 2.16. The lowest BCUT2D eigenvalue weighted by Gasteiger charge is -2.18. The van der Waals surface area contributed by atoms with Gasteiger partial charge in [-0.2, -0.15) is 4.57 Å². The smallest absolute Gasteiger partial charge is 0.264 e. The molecule has 0 spiro atoms. The first kappa shape index (κ1) is 24.7. The summed E-state index contributed by atoms with van der Waals surface area (Å²) in [5.74, 6) is 1.10. The van der Waals surface area contributed by atoms with Crippen molar-refractivity contribution in [3.63, 3.8) is 0 Å². The third kappa shape index (κ3) is 4.32. The van der Waals surface area contributed by atoms with E-state index >= 15 is 0 Å². The van der Waals surface area contributed by atoms with Crippen LogP contribution in [0.2, 0.25) is 0 Å². The Balaban J connectivity index is 1.69. The fraction of sp³-hybridized carbons (Fsp3) is 0.0526. The average Bonchev–Trinajstić information content (AvgIpc) is 3.33. The largest absolute Gasteiger partial charge is 0.296 e. The average molecular weight is 529 g/mol. The summed E-state index contributed by atoms with van der Waals surface area (Å²) in [5.41, 5.74) is 12.8. The van der Waals surface area contributed by atoms with Gasteiger partial charge in [0.2, 0.25) is 0 Å². The molecule has 2 aromatic heterocycles. The number of aryl methyl sites for hydroxylation is 2. The van der Waals surface area contributed by atoms with E-state index in [0.717, 1.165) is 28.1 Å². The van der Waals surface area contributed by atoms with Crippen LogP contribution < -0.4 is 4.57 Å². The van der Waals surface area contributed by atoms with Crippen LogP contribution in [0.4, 0.5) is 0 Å². The number of benzene rings is 5. The molecule has 5 aromatic carbocycles. The summed E-state index contributed by atoms with van der Waals surface area (Å²) < 4.78 is 4.74. The molecule has 0 unspecified atom stereocenters. The van der Waals surface area contributed by atoms with Crippen molar-refractivity contribution in [1.82, 2.24) is 9.55 Å². The van der Waals surface area contributed by atoms with Gasteiger partial charge in [0.05, 0.1) is 12.6 Å². The quantitative estimate of drug-likeness (QED) is 0.205. The molecule has 0 bridgehead atoms. The van der Waals surface area contributed by atoms with Crippen molar-refractivity contribution in [3.05, 3.63) is 151 Å². The van der Waals surface area contributed by atoms with E-state index in [1.807, 2.05) is 12.4 Å². The molecule has 0 radical (unpaired) electrons. The second-order valence-electron chi connectivity index (χ2n) is 10.4. The van der Waals surface area contributed by atoms with Crippen LogP contribution in [0, 0.1) is 6.92 Å². The van der Waals surface area contributed by atoms with Gasteiger partial charge in [0, 0.05) is 23.5 Å². The van der Waals surface area contributed by atoms with Crippen LogP contribution >= 0.6 is 0 Å². The zero-order valence-corrected chi connectivity index (χ0v) is 23.2. The highest BCUT2D eigenvalue weighted by molar-refractivity contribution is 5.94. The van der Waals surface area contributed by atoms with E-state index in [1.165, 1.54) is 38.9 Å². The maximum absolute atomic E-state index is 4.56. The molecule has 2 heterocycles. The molecule has 7 rings (SSSR count). The van der Waals surface area contributed by atoms with Crippen LogP contribution in [0.1, 0.15) is 5.56 Å². The Labute approximate surface area is 240 Å². The fourth-order valence-electron chi connectivity index (χ4n) is 5.89. The molecule has 0 atom stereocenters. The molecule has 3 heteroatoms. The van der Waals surface area contributed by atoms with Gasteiger partial charge in [-0.15, -0.1) is 0 Å². The molecule has 41 heavy (non-hydrogen) atoms. The summed E-state index contributed by atoms with van der Waals surface area (Å²) in [5, 5.41) is 0. The highest BCUT2D eigenvalue weighted by Gasteiger charge is 2.31. The van der Waals surface area contributed by atoms with Gasteiger partial charge in [0.25, 0.3) is 5.82 Å². The second kappa shape index (κ2) is 10.4. The highest BCUT2D eigenvalue weighted by Crippen LogP contribution is 2.42. The molecule has 0 amide bonds. The summed E-state index contributed by atoms with van der Waals surface area (Å²) in [4.78, 5) is 4.56. The number of nitrogens with zero attached hydrogens (tertiary/aromatic N) is 3. The number of para-hydroxylation sites is 2. The Morgan fingerprint density at radius 2 is 1.10 bits per heavy atom. The number of pyridine rings is 1. The SMILES string of the molecule is Cc1ccncc1-c1n(-c2c(-c3ccccc3)cc(-c3ccccc3)cc2-c2ccccc2)c2ccccc2[n+]1C. The van der Waals surface area contributed by atoms with Crippen LogP contribution in [-0.4, -0.2) is 9.55 Å². The van der Waals surface area contributed by atoms with Crippen LogP contribution in [0.25, 0.3) is 61.5 Å². The van der Waals surface area contributed by atoms with Crippen molar-refractivity contribution in [1.29, 1.82) is 0 Å². The normalized spacial score (nSPS) is 11.2. The van der Waals surface area contributed by atoms with Gasteiger partial charge in [-0.25, -0.2) is 4.57 Å². The topological polar surface area (TPSA) is 21.7 Å². The van der Waals surface area contributed by atoms with Gasteiger partial charge in [0.15, 0.2) is 11.0 Å². The summed E-state index contributed by atoms with van der Waals surface area (Å²) >= 11 is 0. The van der Waals surface area contributed by atoms with Crippen molar-refractivity contribution in [2.24, 2.45) is 7.05 Å². The first-order valence-electron chi connectivity index (χ1n) is 14.0. The van der Waals surface area contributed by atoms with Gasteiger partial charge >= 0.3 is 0 Å². The molecule has 196 valence electrons. The fourth-order valence-corrected chi connectivity index (χ4v) is 5.89. The molecular formula is C38H30N3+. The van der Waals surface area contributed by atoms with Crippen molar-refractivity contribution < 1.29 is 4.57 Å². The Bertz CT molecular complexity index is 1930. The van der Waals surface area contributed by atoms with Gasteiger partial charge in [-0.05, 0) is 65.1 Å². The van der Waals surface area contributed by atoms with Crippen LogP contribution in [0.15, 0.2) is 146 Å². The Hall–Kier alpha value is -5.28. The molecule has 0 aliphatic rings. The van der Waals surface area contributed by atoms with Crippen molar-refractivity contribution in [3.8, 4) is 50.5 Å². The minimum absolute atomic E-state index is 1.10. The minimum Gasteiger partial charge on any atom is -0.264 e. The van der Waals surface area contributed by atoms with E-state index in [0.29, 0.717) is 0 Å². The van der Waals surface area contributed by atoms with E-state index in [2.05, 4.69) is 162 Å². The van der Waals surface area contributed by atoms with Crippen molar-refractivity contribution in [2.75, 3.05) is 0 Å². The summed E-state index contributed by atoms with van der Waals surface area (Å²) in [6.07, 6.45) is 3.86. The van der Waals surface area contributed by atoms with E-state index in [1.54, 1.807) is 0 Å². The van der Waals surface area contributed by atoms with Gasteiger partial charge in [0.1, 0.15) is 5.69 Å². The number of hydrogen-bond donors (Lipinski definition) is 0. The first-order chi connectivity index (χ1) is 20.2. The third-order valence-corrected chi connectivity index (χ3v) is 7.90. The predicted molar refractivity (Wildman–Crippen MR) is 169 cm³/mol. The molecular weight excluding hydrogens is 498 g/mol. The zero-order chi connectivity index (χ0) is 27.8. The highest BCUT2D eigenvalue weighted by atomic mass is 15.2. The summed E-state index contributed by atoms with van der Waals surface area (Å²) in [6, 6.07) is 47.6. The number of aromatic nitrogens is 3. The Morgan fingerprint density at radius 3 is 1.68 bits per heavy atom. The Morgan fingerprint density at radius 1 is 0.561 bits per heavy atom. The molecule has 0 fully saturated rings. The standard InChI is InChI=1S/C38H30N3/c1-27-22-23-39-26-34(27)38-40(2)35-20-12-13-21-36(35)41(38)37-32(29-16-8-4-9-17-29)24-31(28-14-6-3-7-15-28)25-33(37)30-18-10-5-11-19-30/h3-26H,1-2H3/q+1. The van der Waals surface area contributed by atoms with Crippen LogP contribution in [-0.2, 0) is 7.05 Å². The number of rotatable bonds is 5. The number of hydrogen-bond acceptors (Lipinski definition) is 1. The molecule has 7 aromatic rings. The third-order valence-electron chi connectivity index (χ3n) is 7.90. The van der Waals surface area contributed by atoms with Crippen LogP contribution in [0.5, 0.6) is 0 Å². The molecule has 0 saturated heterocycles. The lowest BCUT2D eigenvalue weighted by Crippen LogP contribution is -2.30. The maximum atomic E-state index is 4.56. The first-order valence-corrected chi connectivity index (χ1v) is 14.0. The molecule has 0 aliphatic carbocycles. The molecule has 0 saturated carbocycles. The number of fused-ring (bicyclic) bond motifs is 1. The summed E-state index contributed by atoms with van der Waals surface area (Å²) in [7, 11) is 2.16. The lowest BCUT2D eigenvalue weighted by molar-refractivity contribution is -0.633. The Kier molecular flexibility index (Phi) is 6.25. The molecule has 0 aliphatic heterocycles. The van der Waals surface area contributed by atoms with Crippen molar-refractivity contribution in [2.45, 2.75) is 6.92 Å². The molecule has 0 N–H and O–H groups in total. The van der Waals surface area contributed by atoms with E-state index < -0.39 is 0 Å². The van der Waals surface area contributed by atoms with E-state index in [9.17, 15) is 0 Å². The number of imidazole rings is 1. The monoisotopic (exact) mass is 528 g/mol. The minimum atomic E-state index is 1.10. The zero-order valence-electron chi connectivity index (χ0n) is 23.2. The van der Waals surface area contributed by atoms with Gasteiger partial charge in [-0.1, -0.05) is 103 Å². The lowest BCUT2D eigenvalue weighted by atomic mass is 9.90. The van der Waals surface area contributed by atoms with E-state index in [-0.39, 0.29) is 0 Å². The van der Waals surface area contributed by atoms with Gasteiger partial charge < -0.3 is 0 Å². The predicted octanol–water partition coefficient (Wildman–Crippen LogP) is 8.83. The van der Waals surface area contributed by atoms with Crippen molar-refractivity contribution >= 4 is 11.0 Å². The van der Waals surface area contributed by atoms with Gasteiger partial charge in [-0.3, -0.25) is 4.98 Å². The molecule has 3 nitrogen and oxygen atoms in total. The van der Waals surface area contributed by atoms with E-state index in [4.69, 9.17) is 0 Å².